The van der Waals surface area contributed by atoms with Gasteiger partial charge in [-0.05, 0) is 51.8 Å². The summed E-state index contributed by atoms with van der Waals surface area (Å²) in [6.45, 7) is 7.72. The Bertz CT molecular complexity index is 1190. The molecule has 2 aromatic heterocycles. The van der Waals surface area contributed by atoms with Crippen molar-refractivity contribution in [3.8, 4) is 11.5 Å². The minimum Gasteiger partial charge on any atom is -0.453 e. The van der Waals surface area contributed by atoms with Gasteiger partial charge in [-0.15, -0.1) is 11.3 Å². The second-order valence-corrected chi connectivity index (χ2v) is 8.89. The van der Waals surface area contributed by atoms with Gasteiger partial charge in [-0.3, -0.25) is 14.7 Å². The van der Waals surface area contributed by atoms with Crippen molar-refractivity contribution < 1.29 is 18.7 Å². The number of fused-ring (bicyclic) bond motifs is 1. The molecule has 0 bridgehead atoms. The molecule has 3 aromatic rings. The molecule has 1 fully saturated rings. The number of urea groups is 1. The predicted molar refractivity (Wildman–Crippen MR) is 128 cm³/mol. The van der Waals surface area contributed by atoms with Crippen LogP contribution in [0.4, 0.5) is 14.9 Å². The number of nitrogens with one attached hydrogen (secondary N) is 1. The van der Waals surface area contributed by atoms with Crippen LogP contribution in [0, 0.1) is 12.7 Å². The molecule has 0 spiro atoms. The molecule has 1 aliphatic rings. The summed E-state index contributed by atoms with van der Waals surface area (Å²) in [6, 6.07) is 6.36. The highest BCUT2D eigenvalue weighted by Gasteiger charge is 2.24. The van der Waals surface area contributed by atoms with Gasteiger partial charge in [0.05, 0.1) is 20.8 Å². The number of benzene rings is 1. The standard InChI is InChI=1S/C24H27FN4O3S/c1-4-26-24(31)29(5-2)17-8-9-18(21(25)15(17)3)32-19-10-11-27-16-14-20(33-22(16)19)23(30)28-12-6-7-13-28/h8-11,14H,4-7,12-13H2,1-3H3,(H,26,31). The Kier molecular flexibility index (Phi) is 6.78. The fraction of sp³-hybridized carbons (Fsp3) is 0.375. The first-order valence-corrected chi connectivity index (χ1v) is 12.0. The minimum atomic E-state index is -0.537. The van der Waals surface area contributed by atoms with Crippen LogP contribution in [0.3, 0.4) is 0 Å². The van der Waals surface area contributed by atoms with Crippen molar-refractivity contribution in [2.45, 2.75) is 33.6 Å². The zero-order chi connectivity index (χ0) is 23.5. The Hall–Kier alpha value is -3.20. The monoisotopic (exact) mass is 470 g/mol. The quantitative estimate of drug-likeness (QED) is 0.529. The van der Waals surface area contributed by atoms with E-state index in [0.29, 0.717) is 45.2 Å². The van der Waals surface area contributed by atoms with Gasteiger partial charge in [-0.2, -0.15) is 0 Å². The molecule has 0 saturated carbocycles. The fourth-order valence-electron chi connectivity index (χ4n) is 3.99. The summed E-state index contributed by atoms with van der Waals surface area (Å²) in [5.74, 6) is -0.0490. The van der Waals surface area contributed by atoms with E-state index in [2.05, 4.69) is 10.3 Å². The van der Waals surface area contributed by atoms with Gasteiger partial charge in [0.15, 0.2) is 11.6 Å². The molecule has 0 atom stereocenters. The van der Waals surface area contributed by atoms with Gasteiger partial charge < -0.3 is 15.0 Å². The number of thiophene rings is 1. The van der Waals surface area contributed by atoms with Crippen LogP contribution in [0.15, 0.2) is 30.5 Å². The van der Waals surface area contributed by atoms with Crippen LogP contribution in [-0.2, 0) is 0 Å². The van der Waals surface area contributed by atoms with Crippen LogP contribution in [0.5, 0.6) is 11.5 Å². The van der Waals surface area contributed by atoms with E-state index in [0.717, 1.165) is 25.9 Å². The summed E-state index contributed by atoms with van der Waals surface area (Å²) in [4.78, 5) is 33.4. The number of aromatic nitrogens is 1. The topological polar surface area (TPSA) is 74.8 Å². The van der Waals surface area contributed by atoms with E-state index in [9.17, 15) is 9.59 Å². The van der Waals surface area contributed by atoms with Crippen LogP contribution in [0.1, 0.15) is 41.9 Å². The number of rotatable bonds is 6. The first-order chi connectivity index (χ1) is 15.9. The lowest BCUT2D eigenvalue weighted by Gasteiger charge is -2.24. The summed E-state index contributed by atoms with van der Waals surface area (Å²) >= 11 is 1.31. The summed E-state index contributed by atoms with van der Waals surface area (Å²) in [6.07, 6.45) is 3.63. The number of carbonyl (C=O) groups is 2. The maximum atomic E-state index is 15.3. The molecule has 9 heteroatoms. The Morgan fingerprint density at radius 2 is 1.97 bits per heavy atom. The maximum Gasteiger partial charge on any atom is 0.321 e. The molecule has 7 nitrogen and oxygen atoms in total. The minimum absolute atomic E-state index is 0.00200. The molecule has 1 aromatic carbocycles. The van der Waals surface area contributed by atoms with Gasteiger partial charge in [0, 0.05) is 44.0 Å². The number of ether oxygens (including phenoxy) is 1. The third kappa shape index (κ3) is 4.50. The van der Waals surface area contributed by atoms with Gasteiger partial charge in [-0.25, -0.2) is 9.18 Å². The smallest absolute Gasteiger partial charge is 0.321 e. The third-order valence-electron chi connectivity index (χ3n) is 5.70. The first-order valence-electron chi connectivity index (χ1n) is 11.1. The summed E-state index contributed by atoms with van der Waals surface area (Å²) < 4.78 is 21.9. The summed E-state index contributed by atoms with van der Waals surface area (Å²) in [7, 11) is 0. The molecule has 1 aliphatic heterocycles. The average Bonchev–Trinajstić information content (AvgIpc) is 3.49. The summed E-state index contributed by atoms with van der Waals surface area (Å²) in [5, 5.41) is 2.74. The highest BCUT2D eigenvalue weighted by Crippen LogP contribution is 2.38. The highest BCUT2D eigenvalue weighted by molar-refractivity contribution is 7.21. The molecular weight excluding hydrogens is 443 g/mol. The van der Waals surface area contributed by atoms with E-state index in [4.69, 9.17) is 4.74 Å². The third-order valence-corrected chi connectivity index (χ3v) is 6.83. The van der Waals surface area contributed by atoms with E-state index in [1.165, 1.54) is 22.3 Å². The number of amides is 3. The lowest BCUT2D eigenvalue weighted by Crippen LogP contribution is -2.40. The van der Waals surface area contributed by atoms with Crippen molar-refractivity contribution in [2.24, 2.45) is 0 Å². The van der Waals surface area contributed by atoms with Crippen molar-refractivity contribution in [1.82, 2.24) is 15.2 Å². The van der Waals surface area contributed by atoms with Crippen molar-refractivity contribution in [1.29, 1.82) is 0 Å². The summed E-state index contributed by atoms with van der Waals surface area (Å²) in [5.41, 5.74) is 1.45. The van der Waals surface area contributed by atoms with Gasteiger partial charge in [0.25, 0.3) is 5.91 Å². The molecule has 1 N–H and O–H groups in total. The Labute approximate surface area is 196 Å². The van der Waals surface area contributed by atoms with E-state index in [-0.39, 0.29) is 17.7 Å². The van der Waals surface area contributed by atoms with Crippen molar-refractivity contribution in [2.75, 3.05) is 31.1 Å². The molecular formula is C24H27FN4O3S. The number of hydrogen-bond donors (Lipinski definition) is 1. The molecule has 0 unspecified atom stereocenters. The number of halogens is 1. The predicted octanol–water partition coefficient (Wildman–Crippen LogP) is 5.33. The molecule has 33 heavy (non-hydrogen) atoms. The van der Waals surface area contributed by atoms with Crippen LogP contribution >= 0.6 is 11.3 Å². The zero-order valence-electron chi connectivity index (χ0n) is 19.0. The average molecular weight is 471 g/mol. The van der Waals surface area contributed by atoms with Crippen LogP contribution < -0.4 is 15.0 Å². The van der Waals surface area contributed by atoms with Gasteiger partial charge in [0.2, 0.25) is 0 Å². The highest BCUT2D eigenvalue weighted by atomic mass is 32.1. The van der Waals surface area contributed by atoms with Crippen molar-refractivity contribution >= 4 is 39.2 Å². The Morgan fingerprint density at radius 3 is 2.67 bits per heavy atom. The second kappa shape index (κ2) is 9.74. The largest absolute Gasteiger partial charge is 0.453 e. The lowest BCUT2D eigenvalue weighted by molar-refractivity contribution is 0.0797. The van der Waals surface area contributed by atoms with Crippen molar-refractivity contribution in [3.05, 3.63) is 46.7 Å². The lowest BCUT2D eigenvalue weighted by atomic mass is 10.1. The number of anilines is 1. The first kappa shape index (κ1) is 23.0. The van der Waals surface area contributed by atoms with E-state index in [1.54, 1.807) is 31.3 Å². The molecule has 0 aliphatic carbocycles. The van der Waals surface area contributed by atoms with Crippen molar-refractivity contribution in [3.63, 3.8) is 0 Å². The van der Waals surface area contributed by atoms with E-state index in [1.807, 2.05) is 18.7 Å². The normalized spacial score (nSPS) is 13.4. The Balaban J connectivity index is 1.63. The van der Waals surface area contributed by atoms with E-state index >= 15 is 4.39 Å². The molecule has 1 saturated heterocycles. The van der Waals surface area contributed by atoms with Gasteiger partial charge in [-0.1, -0.05) is 0 Å². The molecule has 3 heterocycles. The Morgan fingerprint density at radius 1 is 1.21 bits per heavy atom. The fourth-order valence-corrected chi connectivity index (χ4v) is 5.02. The zero-order valence-corrected chi connectivity index (χ0v) is 19.8. The number of carbonyl (C=O) groups excluding carboxylic acids is 2. The SMILES string of the molecule is CCNC(=O)N(CC)c1ccc(Oc2ccnc3cc(C(=O)N4CCCC4)sc23)c(F)c1C. The molecule has 0 radical (unpaired) electrons. The number of likely N-dealkylation sites (tertiary alicyclic amines) is 1. The number of hydrogen-bond acceptors (Lipinski definition) is 5. The number of nitrogens with zero attached hydrogens (tertiary/aromatic N) is 3. The molecule has 174 valence electrons. The van der Waals surface area contributed by atoms with Crippen LogP contribution in [0.2, 0.25) is 0 Å². The van der Waals surface area contributed by atoms with Gasteiger partial charge in [0.1, 0.15) is 5.75 Å². The van der Waals surface area contributed by atoms with E-state index < -0.39 is 5.82 Å². The second-order valence-electron chi connectivity index (χ2n) is 7.84. The molecule has 4 rings (SSSR count). The molecule has 3 amide bonds. The van der Waals surface area contributed by atoms with Crippen LogP contribution in [0.25, 0.3) is 10.2 Å². The van der Waals surface area contributed by atoms with Crippen LogP contribution in [-0.4, -0.2) is 48.0 Å². The maximum absolute atomic E-state index is 15.3. The van der Waals surface area contributed by atoms with Gasteiger partial charge >= 0.3 is 6.03 Å². The number of pyridine rings is 1.